The molecule has 120 valence electrons. The number of nitrogens with zero attached hydrogens (tertiary/aromatic N) is 2. The molecule has 0 radical (unpaired) electrons. The van der Waals surface area contributed by atoms with Gasteiger partial charge < -0.3 is 10.7 Å². The van der Waals surface area contributed by atoms with Gasteiger partial charge in [-0.1, -0.05) is 0 Å². The second-order valence-electron chi connectivity index (χ2n) is 4.29. The topological polar surface area (TPSA) is 100 Å². The minimum Gasteiger partial charge on any atom is -0.369 e. The first-order valence-electron chi connectivity index (χ1n) is 5.76. The first-order valence-corrected chi connectivity index (χ1v) is 7.37. The van der Waals surface area contributed by atoms with Crippen LogP contribution in [-0.4, -0.2) is 44.1 Å². The lowest BCUT2D eigenvalue weighted by Gasteiger charge is -2.14. The van der Waals surface area contributed by atoms with E-state index in [0.717, 1.165) is 16.4 Å². The Labute approximate surface area is 120 Å². The number of nitrogen functional groups attached to an aromatic ring is 1. The average Bonchev–Trinajstić information content (AvgIpc) is 2.36. The maximum atomic E-state index is 12.7. The number of nitrogens with two attached hydrogens (primary N) is 1. The summed E-state index contributed by atoms with van der Waals surface area (Å²) in [6.07, 6.45) is -4.55. The van der Waals surface area contributed by atoms with Crippen LogP contribution in [0.2, 0.25) is 0 Å². The molecule has 4 N–H and O–H groups in total. The number of rotatable bonds is 6. The number of hydrazine groups is 1. The van der Waals surface area contributed by atoms with E-state index in [4.69, 9.17) is 5.84 Å². The number of alkyl halides is 3. The van der Waals surface area contributed by atoms with E-state index in [1.807, 2.05) is 5.43 Å². The van der Waals surface area contributed by atoms with Crippen molar-refractivity contribution in [1.82, 2.24) is 9.29 Å². The van der Waals surface area contributed by atoms with Gasteiger partial charge >= 0.3 is 6.18 Å². The highest BCUT2D eigenvalue weighted by Gasteiger charge is 2.31. The molecule has 0 aliphatic carbocycles. The van der Waals surface area contributed by atoms with Crippen molar-refractivity contribution in [3.05, 3.63) is 17.7 Å². The first kappa shape index (κ1) is 17.5. The zero-order valence-electron chi connectivity index (χ0n) is 11.4. The lowest BCUT2D eigenvalue weighted by Crippen LogP contribution is -2.28. The van der Waals surface area contributed by atoms with Crippen molar-refractivity contribution in [2.24, 2.45) is 5.84 Å². The number of sulfonamides is 1. The molecule has 0 fully saturated rings. The molecule has 0 saturated carbocycles. The van der Waals surface area contributed by atoms with E-state index in [1.165, 1.54) is 14.1 Å². The summed E-state index contributed by atoms with van der Waals surface area (Å²) < 4.78 is 62.1. The average molecular weight is 327 g/mol. The second-order valence-corrected chi connectivity index (χ2v) is 6.60. The van der Waals surface area contributed by atoms with Crippen LogP contribution in [0.1, 0.15) is 5.56 Å². The van der Waals surface area contributed by atoms with Crippen LogP contribution in [-0.2, 0) is 16.2 Å². The predicted octanol–water partition coefficient (Wildman–Crippen LogP) is 0.689. The molecule has 0 saturated heterocycles. The van der Waals surface area contributed by atoms with Crippen LogP contribution in [0.15, 0.2) is 12.1 Å². The van der Waals surface area contributed by atoms with Gasteiger partial charge in [0.25, 0.3) is 0 Å². The highest BCUT2D eigenvalue weighted by atomic mass is 32.2. The van der Waals surface area contributed by atoms with Crippen LogP contribution < -0.4 is 16.6 Å². The SMILES string of the molecule is CN(C)S(=O)(=O)CCNc1cc(C(F)(F)F)cc(NN)n1. The van der Waals surface area contributed by atoms with Crippen molar-refractivity contribution >= 4 is 21.7 Å². The van der Waals surface area contributed by atoms with Gasteiger partial charge in [0.1, 0.15) is 11.6 Å². The Hall–Kier alpha value is -1.59. The molecule has 0 aliphatic rings. The number of hydrogen-bond donors (Lipinski definition) is 3. The van der Waals surface area contributed by atoms with Gasteiger partial charge in [0.15, 0.2) is 0 Å². The summed E-state index contributed by atoms with van der Waals surface area (Å²) >= 11 is 0. The molecule has 0 amide bonds. The normalized spacial score (nSPS) is 12.5. The molecule has 1 heterocycles. The van der Waals surface area contributed by atoms with E-state index < -0.39 is 21.8 Å². The number of pyridine rings is 1. The van der Waals surface area contributed by atoms with E-state index in [1.54, 1.807) is 0 Å². The Balaban J connectivity index is 2.85. The Kier molecular flexibility index (Phi) is 5.36. The van der Waals surface area contributed by atoms with Gasteiger partial charge in [0.05, 0.1) is 11.3 Å². The molecule has 0 bridgehead atoms. The van der Waals surface area contributed by atoms with E-state index in [9.17, 15) is 21.6 Å². The van der Waals surface area contributed by atoms with E-state index in [0.29, 0.717) is 0 Å². The Morgan fingerprint density at radius 3 is 2.33 bits per heavy atom. The smallest absolute Gasteiger partial charge is 0.369 e. The third-order valence-electron chi connectivity index (χ3n) is 2.52. The fourth-order valence-corrected chi connectivity index (χ4v) is 2.07. The molecule has 0 aromatic carbocycles. The first-order chi connectivity index (χ1) is 9.56. The summed E-state index contributed by atoms with van der Waals surface area (Å²) in [6, 6.07) is 1.53. The minimum absolute atomic E-state index is 0.0845. The highest BCUT2D eigenvalue weighted by molar-refractivity contribution is 7.89. The molecule has 1 aromatic rings. The molecule has 0 unspecified atom stereocenters. The largest absolute Gasteiger partial charge is 0.416 e. The number of aromatic nitrogens is 1. The Bertz CT molecular complexity index is 589. The maximum Gasteiger partial charge on any atom is 0.416 e. The molecular formula is C10H16F3N5O2S. The lowest BCUT2D eigenvalue weighted by atomic mass is 10.2. The van der Waals surface area contributed by atoms with E-state index >= 15 is 0 Å². The van der Waals surface area contributed by atoms with Gasteiger partial charge in [-0.05, 0) is 12.1 Å². The summed E-state index contributed by atoms with van der Waals surface area (Å²) in [5.74, 6) is 4.49. The van der Waals surface area contributed by atoms with Gasteiger partial charge in [-0.15, -0.1) is 0 Å². The summed E-state index contributed by atoms with van der Waals surface area (Å²) in [5.41, 5.74) is 1.09. The van der Waals surface area contributed by atoms with Crippen LogP contribution in [0.3, 0.4) is 0 Å². The second kappa shape index (κ2) is 6.45. The zero-order valence-corrected chi connectivity index (χ0v) is 12.2. The van der Waals surface area contributed by atoms with Gasteiger partial charge in [-0.2, -0.15) is 13.2 Å². The monoisotopic (exact) mass is 327 g/mol. The van der Waals surface area contributed by atoms with Crippen LogP contribution >= 0.6 is 0 Å². The number of anilines is 2. The summed E-state index contributed by atoms with van der Waals surface area (Å²) in [4.78, 5) is 3.77. The number of halogens is 3. The van der Waals surface area contributed by atoms with Crippen molar-refractivity contribution in [2.75, 3.05) is 37.1 Å². The van der Waals surface area contributed by atoms with Crippen LogP contribution in [0, 0.1) is 0 Å². The quantitative estimate of drug-likeness (QED) is 0.525. The van der Waals surface area contributed by atoms with E-state index in [-0.39, 0.29) is 23.9 Å². The van der Waals surface area contributed by atoms with Crippen molar-refractivity contribution < 1.29 is 21.6 Å². The molecule has 0 spiro atoms. The van der Waals surface area contributed by atoms with E-state index in [2.05, 4.69) is 10.3 Å². The Morgan fingerprint density at radius 2 is 1.86 bits per heavy atom. The predicted molar refractivity (Wildman–Crippen MR) is 73.0 cm³/mol. The maximum absolute atomic E-state index is 12.7. The molecule has 21 heavy (non-hydrogen) atoms. The molecule has 0 atom stereocenters. The highest BCUT2D eigenvalue weighted by Crippen LogP contribution is 2.31. The fraction of sp³-hybridized carbons (Fsp3) is 0.500. The Morgan fingerprint density at radius 1 is 1.29 bits per heavy atom. The van der Waals surface area contributed by atoms with Crippen LogP contribution in [0.4, 0.5) is 24.8 Å². The molecular weight excluding hydrogens is 311 g/mol. The van der Waals surface area contributed by atoms with Crippen molar-refractivity contribution in [3.63, 3.8) is 0 Å². The zero-order chi connectivity index (χ0) is 16.3. The van der Waals surface area contributed by atoms with Gasteiger partial charge in [-0.3, -0.25) is 0 Å². The number of hydrogen-bond acceptors (Lipinski definition) is 6. The summed E-state index contributed by atoms with van der Waals surface area (Å²) in [5, 5.41) is 2.53. The molecule has 1 rings (SSSR count). The van der Waals surface area contributed by atoms with Gasteiger partial charge in [0.2, 0.25) is 10.0 Å². The standard InChI is InChI=1S/C10H16F3N5O2S/c1-18(2)21(19,20)4-3-15-8-5-7(10(11,12)13)6-9(16-8)17-14/h5-6H,3-4,14H2,1-2H3,(H2,15,16,17). The number of nitrogens with one attached hydrogen (secondary N) is 2. The molecule has 0 aliphatic heterocycles. The minimum atomic E-state index is -4.55. The van der Waals surface area contributed by atoms with Crippen molar-refractivity contribution in [3.8, 4) is 0 Å². The van der Waals surface area contributed by atoms with Crippen molar-refractivity contribution in [1.29, 1.82) is 0 Å². The third kappa shape index (κ3) is 5.02. The molecule has 1 aromatic heterocycles. The summed E-state index contributed by atoms with van der Waals surface area (Å²) in [6.45, 7) is -0.0845. The third-order valence-corrected chi connectivity index (χ3v) is 4.36. The molecule has 7 nitrogen and oxygen atoms in total. The van der Waals surface area contributed by atoms with Crippen LogP contribution in [0.25, 0.3) is 0 Å². The van der Waals surface area contributed by atoms with Crippen molar-refractivity contribution in [2.45, 2.75) is 6.18 Å². The summed E-state index contributed by atoms with van der Waals surface area (Å²) in [7, 11) is -0.703. The van der Waals surface area contributed by atoms with Gasteiger partial charge in [-0.25, -0.2) is 23.5 Å². The molecule has 11 heteroatoms. The van der Waals surface area contributed by atoms with Crippen LogP contribution in [0.5, 0.6) is 0 Å². The fourth-order valence-electron chi connectivity index (χ4n) is 1.35. The van der Waals surface area contributed by atoms with Gasteiger partial charge in [0, 0.05) is 20.6 Å². The lowest BCUT2D eigenvalue weighted by molar-refractivity contribution is -0.137.